The van der Waals surface area contributed by atoms with Crippen LogP contribution in [0.2, 0.25) is 0 Å². The maximum atomic E-state index is 5.72. The van der Waals surface area contributed by atoms with Crippen molar-refractivity contribution in [3.8, 4) is 11.3 Å². The minimum absolute atomic E-state index is 0.760. The molecule has 0 spiro atoms. The van der Waals surface area contributed by atoms with Crippen molar-refractivity contribution in [3.05, 3.63) is 34.9 Å². The summed E-state index contributed by atoms with van der Waals surface area (Å²) in [7, 11) is 1.91. The minimum atomic E-state index is 0.760. The van der Waals surface area contributed by atoms with Gasteiger partial charge in [0.25, 0.3) is 0 Å². The fraction of sp³-hybridized carbons (Fsp3) is 0.100. The molecule has 0 saturated heterocycles. The molecule has 3 nitrogen and oxygen atoms in total. The molecule has 14 heavy (non-hydrogen) atoms. The zero-order valence-corrected chi connectivity index (χ0v) is 9.32. The second-order valence-electron chi connectivity index (χ2n) is 3.09. The van der Waals surface area contributed by atoms with Gasteiger partial charge in [0.2, 0.25) is 0 Å². The number of nitrogens with zero attached hydrogens (tertiary/aromatic N) is 2. The van der Waals surface area contributed by atoms with Gasteiger partial charge in [0.15, 0.2) is 0 Å². The molecule has 2 rings (SSSR count). The van der Waals surface area contributed by atoms with Crippen LogP contribution in [-0.4, -0.2) is 9.78 Å². The van der Waals surface area contributed by atoms with Crippen LogP contribution < -0.4 is 5.73 Å². The molecule has 0 aliphatic rings. The smallest absolute Gasteiger partial charge is 0.0821 e. The maximum Gasteiger partial charge on any atom is 0.0821 e. The number of aryl methyl sites for hydroxylation is 1. The third-order valence-electron chi connectivity index (χ3n) is 2.05. The molecule has 0 unspecified atom stereocenters. The topological polar surface area (TPSA) is 43.8 Å². The number of hydrogen-bond acceptors (Lipinski definition) is 2. The molecule has 0 amide bonds. The van der Waals surface area contributed by atoms with Gasteiger partial charge in [0.1, 0.15) is 0 Å². The van der Waals surface area contributed by atoms with E-state index in [1.807, 2.05) is 36.0 Å². The summed E-state index contributed by atoms with van der Waals surface area (Å²) in [5.74, 6) is 0. The Hall–Kier alpha value is -1.29. The van der Waals surface area contributed by atoms with Crippen molar-refractivity contribution >= 4 is 21.6 Å². The Bertz CT molecular complexity index is 443. The van der Waals surface area contributed by atoms with Crippen LogP contribution in [0.3, 0.4) is 0 Å². The van der Waals surface area contributed by atoms with Crippen molar-refractivity contribution in [1.82, 2.24) is 9.78 Å². The van der Waals surface area contributed by atoms with E-state index < -0.39 is 0 Å². The predicted octanol–water partition coefficient (Wildman–Crippen LogP) is 2.43. The van der Waals surface area contributed by atoms with E-state index in [4.69, 9.17) is 5.73 Å². The first kappa shape index (κ1) is 9.27. The van der Waals surface area contributed by atoms with Crippen LogP contribution in [0.25, 0.3) is 11.3 Å². The van der Waals surface area contributed by atoms with E-state index in [2.05, 4.69) is 21.0 Å². The van der Waals surface area contributed by atoms with Crippen LogP contribution in [0.15, 0.2) is 34.9 Å². The zero-order chi connectivity index (χ0) is 10.1. The van der Waals surface area contributed by atoms with Gasteiger partial charge in [-0.1, -0.05) is 12.1 Å². The van der Waals surface area contributed by atoms with E-state index in [0.717, 1.165) is 21.4 Å². The summed E-state index contributed by atoms with van der Waals surface area (Å²) >= 11 is 3.45. The summed E-state index contributed by atoms with van der Waals surface area (Å²) in [6.07, 6.45) is 1.78. The van der Waals surface area contributed by atoms with Crippen LogP contribution in [0.1, 0.15) is 0 Å². The van der Waals surface area contributed by atoms with E-state index in [1.165, 1.54) is 0 Å². The van der Waals surface area contributed by atoms with Gasteiger partial charge in [0, 0.05) is 18.3 Å². The van der Waals surface area contributed by atoms with Gasteiger partial charge in [-0.3, -0.25) is 4.68 Å². The summed E-state index contributed by atoms with van der Waals surface area (Å²) in [5.41, 5.74) is 8.59. The lowest BCUT2D eigenvalue weighted by atomic mass is 10.1. The molecule has 0 fully saturated rings. The number of hydrogen-bond donors (Lipinski definition) is 1. The zero-order valence-electron chi connectivity index (χ0n) is 7.74. The highest BCUT2D eigenvalue weighted by Crippen LogP contribution is 2.28. The number of rotatable bonds is 1. The minimum Gasteiger partial charge on any atom is -0.399 e. The number of halogens is 1. The molecule has 2 aromatic rings. The Morgan fingerprint density at radius 2 is 2.21 bits per heavy atom. The van der Waals surface area contributed by atoms with Crippen LogP contribution in [0.4, 0.5) is 5.69 Å². The quantitative estimate of drug-likeness (QED) is 0.792. The number of nitrogens with two attached hydrogens (primary N) is 1. The summed E-state index contributed by atoms with van der Waals surface area (Å²) in [5, 5.41) is 4.15. The van der Waals surface area contributed by atoms with Crippen molar-refractivity contribution < 1.29 is 0 Å². The van der Waals surface area contributed by atoms with E-state index in [1.54, 1.807) is 6.20 Å². The van der Waals surface area contributed by atoms with Crippen molar-refractivity contribution in [2.45, 2.75) is 0 Å². The standard InChI is InChI=1S/C10H10BrN3/c1-14-10(9(11)6-13-14)7-3-2-4-8(12)5-7/h2-6H,12H2,1H3. The highest BCUT2D eigenvalue weighted by atomic mass is 79.9. The normalized spacial score (nSPS) is 10.4. The number of benzene rings is 1. The Morgan fingerprint density at radius 1 is 1.43 bits per heavy atom. The van der Waals surface area contributed by atoms with Gasteiger partial charge in [-0.25, -0.2) is 0 Å². The lowest BCUT2D eigenvalue weighted by molar-refractivity contribution is 0.776. The van der Waals surface area contributed by atoms with Crippen LogP contribution in [-0.2, 0) is 7.05 Å². The van der Waals surface area contributed by atoms with Gasteiger partial charge < -0.3 is 5.73 Å². The van der Waals surface area contributed by atoms with E-state index in [0.29, 0.717) is 0 Å². The molecule has 72 valence electrons. The second kappa shape index (κ2) is 3.46. The third kappa shape index (κ3) is 1.53. The molecule has 0 aliphatic carbocycles. The van der Waals surface area contributed by atoms with Crippen molar-refractivity contribution in [2.24, 2.45) is 7.05 Å². The van der Waals surface area contributed by atoms with Gasteiger partial charge in [-0.15, -0.1) is 0 Å². The highest BCUT2D eigenvalue weighted by molar-refractivity contribution is 9.10. The predicted molar refractivity (Wildman–Crippen MR) is 60.8 cm³/mol. The van der Waals surface area contributed by atoms with E-state index in [9.17, 15) is 0 Å². The van der Waals surface area contributed by atoms with Gasteiger partial charge in [-0.2, -0.15) is 5.10 Å². The summed E-state index contributed by atoms with van der Waals surface area (Å²) in [4.78, 5) is 0. The molecule has 0 atom stereocenters. The summed E-state index contributed by atoms with van der Waals surface area (Å²) < 4.78 is 2.80. The Labute approximate surface area is 90.7 Å². The van der Waals surface area contributed by atoms with Crippen molar-refractivity contribution in [1.29, 1.82) is 0 Å². The molecule has 0 bridgehead atoms. The second-order valence-corrected chi connectivity index (χ2v) is 3.94. The molecule has 4 heteroatoms. The first-order chi connectivity index (χ1) is 6.68. The number of nitrogen functional groups attached to an aromatic ring is 1. The van der Waals surface area contributed by atoms with Crippen molar-refractivity contribution in [2.75, 3.05) is 5.73 Å². The number of anilines is 1. The third-order valence-corrected chi connectivity index (χ3v) is 2.63. The van der Waals surface area contributed by atoms with Gasteiger partial charge in [-0.05, 0) is 28.1 Å². The fourth-order valence-corrected chi connectivity index (χ4v) is 2.00. The molecule has 1 aromatic heterocycles. The Kier molecular flexibility index (Phi) is 2.29. The molecular weight excluding hydrogens is 242 g/mol. The molecule has 0 radical (unpaired) electrons. The largest absolute Gasteiger partial charge is 0.399 e. The van der Waals surface area contributed by atoms with E-state index in [-0.39, 0.29) is 0 Å². The monoisotopic (exact) mass is 251 g/mol. The lowest BCUT2D eigenvalue weighted by Crippen LogP contribution is -1.94. The first-order valence-corrected chi connectivity index (χ1v) is 5.01. The first-order valence-electron chi connectivity index (χ1n) is 4.22. The average molecular weight is 252 g/mol. The molecule has 0 aliphatic heterocycles. The average Bonchev–Trinajstić information content (AvgIpc) is 2.46. The highest BCUT2D eigenvalue weighted by Gasteiger charge is 2.07. The lowest BCUT2D eigenvalue weighted by Gasteiger charge is -2.03. The van der Waals surface area contributed by atoms with Crippen LogP contribution in [0.5, 0.6) is 0 Å². The Morgan fingerprint density at radius 3 is 2.79 bits per heavy atom. The van der Waals surface area contributed by atoms with Crippen molar-refractivity contribution in [3.63, 3.8) is 0 Å². The Balaban J connectivity index is 2.59. The van der Waals surface area contributed by atoms with Gasteiger partial charge in [0.05, 0.1) is 16.4 Å². The van der Waals surface area contributed by atoms with E-state index >= 15 is 0 Å². The molecular formula is C10H10BrN3. The van der Waals surface area contributed by atoms with Gasteiger partial charge >= 0.3 is 0 Å². The molecule has 1 aromatic carbocycles. The van der Waals surface area contributed by atoms with Crippen LogP contribution in [0, 0.1) is 0 Å². The molecule has 1 heterocycles. The summed E-state index contributed by atoms with van der Waals surface area (Å²) in [6, 6.07) is 7.75. The molecule has 0 saturated carbocycles. The fourth-order valence-electron chi connectivity index (χ4n) is 1.42. The SMILES string of the molecule is Cn1ncc(Br)c1-c1cccc(N)c1. The van der Waals surface area contributed by atoms with Crippen LogP contribution >= 0.6 is 15.9 Å². The summed E-state index contributed by atoms with van der Waals surface area (Å²) in [6.45, 7) is 0. The maximum absolute atomic E-state index is 5.72. The molecule has 2 N–H and O–H groups in total. The number of aromatic nitrogens is 2.